The second kappa shape index (κ2) is 4.68. The first-order valence-electron chi connectivity index (χ1n) is 5.70. The highest BCUT2D eigenvalue weighted by atomic mass is 16.4. The van der Waals surface area contributed by atoms with Crippen LogP contribution in [0, 0.1) is 13.8 Å². The summed E-state index contributed by atoms with van der Waals surface area (Å²) in [5.74, 6) is -0.954. The van der Waals surface area contributed by atoms with Crippen LogP contribution in [0.15, 0.2) is 17.2 Å². The van der Waals surface area contributed by atoms with Gasteiger partial charge in [-0.3, -0.25) is 14.0 Å². The van der Waals surface area contributed by atoms with Gasteiger partial charge in [0.2, 0.25) is 0 Å². The second-order valence-corrected chi connectivity index (χ2v) is 4.32. The molecule has 0 unspecified atom stereocenters. The molecule has 0 aliphatic heterocycles. The van der Waals surface area contributed by atoms with E-state index in [4.69, 9.17) is 5.11 Å². The quantitative estimate of drug-likeness (QED) is 0.854. The van der Waals surface area contributed by atoms with Crippen molar-refractivity contribution in [3.05, 3.63) is 39.8 Å². The normalized spacial score (nSPS) is 10.7. The summed E-state index contributed by atoms with van der Waals surface area (Å²) in [6.45, 7) is 3.35. The summed E-state index contributed by atoms with van der Waals surface area (Å²) in [6, 6.07) is 0. The van der Waals surface area contributed by atoms with Crippen LogP contribution in [0.5, 0.6) is 0 Å². The number of carboxylic acids is 1. The average molecular weight is 262 g/mol. The smallest absolute Gasteiger partial charge is 0.352 e. The molecule has 2 rings (SSSR count). The largest absolute Gasteiger partial charge is 0.481 e. The fraction of sp³-hybridized carbons (Fsp3) is 0.333. The summed E-state index contributed by atoms with van der Waals surface area (Å²) >= 11 is 0. The fourth-order valence-corrected chi connectivity index (χ4v) is 2.04. The Labute approximate surface area is 109 Å². The van der Waals surface area contributed by atoms with E-state index >= 15 is 0 Å². The monoisotopic (exact) mass is 262 g/mol. The number of aryl methyl sites for hydroxylation is 2. The summed E-state index contributed by atoms with van der Waals surface area (Å²) in [5, 5.41) is 12.9. The Balaban J connectivity index is 2.68. The van der Waals surface area contributed by atoms with E-state index in [1.165, 1.54) is 10.8 Å². The van der Waals surface area contributed by atoms with Gasteiger partial charge in [-0.2, -0.15) is 10.1 Å². The molecule has 0 saturated carbocycles. The van der Waals surface area contributed by atoms with E-state index in [0.29, 0.717) is 22.6 Å². The van der Waals surface area contributed by atoms with Crippen molar-refractivity contribution in [1.29, 1.82) is 0 Å². The molecule has 0 amide bonds. The maximum atomic E-state index is 12.0. The molecule has 19 heavy (non-hydrogen) atoms. The van der Waals surface area contributed by atoms with E-state index in [-0.39, 0.29) is 6.42 Å². The summed E-state index contributed by atoms with van der Waals surface area (Å²) in [6.07, 6.45) is 3.05. The van der Waals surface area contributed by atoms with Gasteiger partial charge >= 0.3 is 11.7 Å². The van der Waals surface area contributed by atoms with Crippen molar-refractivity contribution >= 4 is 5.97 Å². The van der Waals surface area contributed by atoms with E-state index in [1.807, 2.05) is 0 Å². The first-order chi connectivity index (χ1) is 8.90. The zero-order valence-corrected chi connectivity index (χ0v) is 10.9. The number of aromatic nitrogens is 4. The Kier molecular flexibility index (Phi) is 3.20. The van der Waals surface area contributed by atoms with Crippen LogP contribution in [0.2, 0.25) is 0 Å². The lowest BCUT2D eigenvalue weighted by atomic mass is 10.1. The minimum absolute atomic E-state index is 0.161. The number of hydrogen-bond acceptors (Lipinski definition) is 4. The van der Waals surface area contributed by atoms with Gasteiger partial charge in [-0.1, -0.05) is 0 Å². The third-order valence-electron chi connectivity index (χ3n) is 2.94. The topological polar surface area (TPSA) is 90.0 Å². The summed E-state index contributed by atoms with van der Waals surface area (Å²) in [5.41, 5.74) is 1.72. The lowest BCUT2D eigenvalue weighted by Gasteiger charge is -2.12. The maximum Gasteiger partial charge on any atom is 0.352 e. The van der Waals surface area contributed by atoms with Gasteiger partial charge in [0.15, 0.2) is 0 Å². The SMILES string of the molecule is Cc1nc(=O)n(-c2cnn(C)c2)c(C)c1CC(=O)O. The van der Waals surface area contributed by atoms with Crippen LogP contribution in [0.4, 0.5) is 0 Å². The lowest BCUT2D eigenvalue weighted by molar-refractivity contribution is -0.136. The molecule has 0 aliphatic carbocycles. The molecule has 1 N–H and O–H groups in total. The van der Waals surface area contributed by atoms with Gasteiger partial charge in [-0.05, 0) is 13.8 Å². The van der Waals surface area contributed by atoms with Crippen LogP contribution in [-0.4, -0.2) is 30.4 Å². The maximum absolute atomic E-state index is 12.0. The third-order valence-corrected chi connectivity index (χ3v) is 2.94. The van der Waals surface area contributed by atoms with Crippen molar-refractivity contribution in [3.63, 3.8) is 0 Å². The Bertz CT molecular complexity index is 699. The van der Waals surface area contributed by atoms with Gasteiger partial charge in [0.25, 0.3) is 0 Å². The number of aliphatic carboxylic acids is 1. The molecule has 7 heteroatoms. The molecule has 0 atom stereocenters. The van der Waals surface area contributed by atoms with Crippen LogP contribution in [-0.2, 0) is 18.3 Å². The molecule has 0 fully saturated rings. The number of hydrogen-bond donors (Lipinski definition) is 1. The minimum atomic E-state index is -0.954. The van der Waals surface area contributed by atoms with Crippen molar-refractivity contribution in [2.45, 2.75) is 20.3 Å². The molecule has 2 heterocycles. The Morgan fingerprint density at radius 2 is 2.11 bits per heavy atom. The molecule has 2 aromatic rings. The molecule has 0 radical (unpaired) electrons. The summed E-state index contributed by atoms with van der Waals surface area (Å²) < 4.78 is 2.94. The van der Waals surface area contributed by atoms with E-state index in [0.717, 1.165) is 0 Å². The zero-order chi connectivity index (χ0) is 14.2. The van der Waals surface area contributed by atoms with Crippen molar-refractivity contribution in [3.8, 4) is 5.69 Å². The molecule has 0 bridgehead atoms. The van der Waals surface area contributed by atoms with Gasteiger partial charge in [-0.15, -0.1) is 0 Å². The summed E-state index contributed by atoms with van der Waals surface area (Å²) in [7, 11) is 1.74. The number of carboxylic acid groups (broad SMARTS) is 1. The van der Waals surface area contributed by atoms with Crippen LogP contribution < -0.4 is 5.69 Å². The highest BCUT2D eigenvalue weighted by Crippen LogP contribution is 2.14. The van der Waals surface area contributed by atoms with Crippen molar-refractivity contribution in [1.82, 2.24) is 19.3 Å². The van der Waals surface area contributed by atoms with Crippen LogP contribution in [0.25, 0.3) is 5.69 Å². The molecule has 100 valence electrons. The third kappa shape index (κ3) is 2.40. The fourth-order valence-electron chi connectivity index (χ4n) is 2.04. The molecular formula is C12H14N4O3. The van der Waals surface area contributed by atoms with Crippen molar-refractivity contribution < 1.29 is 9.90 Å². The molecule has 2 aromatic heterocycles. The lowest BCUT2D eigenvalue weighted by Crippen LogP contribution is -2.27. The first kappa shape index (κ1) is 13.0. The molecule has 7 nitrogen and oxygen atoms in total. The molecule has 0 aliphatic rings. The van der Waals surface area contributed by atoms with E-state index in [1.54, 1.807) is 31.8 Å². The van der Waals surface area contributed by atoms with Gasteiger partial charge < -0.3 is 5.11 Å². The van der Waals surface area contributed by atoms with E-state index in [2.05, 4.69) is 10.1 Å². The van der Waals surface area contributed by atoms with Crippen molar-refractivity contribution in [2.24, 2.45) is 7.05 Å². The standard InChI is InChI=1S/C12H14N4O3/c1-7-10(4-11(17)18)8(2)16(12(19)14-7)9-5-13-15(3)6-9/h5-6H,4H2,1-3H3,(H,17,18). The van der Waals surface area contributed by atoms with Crippen LogP contribution >= 0.6 is 0 Å². The predicted molar refractivity (Wildman–Crippen MR) is 67.4 cm³/mol. The highest BCUT2D eigenvalue weighted by Gasteiger charge is 2.15. The van der Waals surface area contributed by atoms with Crippen molar-refractivity contribution in [2.75, 3.05) is 0 Å². The van der Waals surface area contributed by atoms with Gasteiger partial charge in [-0.25, -0.2) is 4.79 Å². The van der Waals surface area contributed by atoms with Crippen LogP contribution in [0.1, 0.15) is 17.0 Å². The van der Waals surface area contributed by atoms with Gasteiger partial charge in [0.05, 0.1) is 18.3 Å². The molecular weight excluding hydrogens is 248 g/mol. The highest BCUT2D eigenvalue weighted by molar-refractivity contribution is 5.71. The Hall–Kier alpha value is -2.44. The molecule has 0 spiro atoms. The average Bonchev–Trinajstić information content (AvgIpc) is 2.70. The zero-order valence-electron chi connectivity index (χ0n) is 10.9. The minimum Gasteiger partial charge on any atom is -0.481 e. The van der Waals surface area contributed by atoms with E-state index < -0.39 is 11.7 Å². The second-order valence-electron chi connectivity index (χ2n) is 4.32. The Morgan fingerprint density at radius 1 is 1.42 bits per heavy atom. The molecule has 0 aromatic carbocycles. The first-order valence-corrected chi connectivity index (χ1v) is 5.70. The number of carbonyl (C=O) groups is 1. The molecule has 0 saturated heterocycles. The van der Waals surface area contributed by atoms with Gasteiger partial charge in [0, 0.05) is 30.2 Å². The number of nitrogens with zero attached hydrogens (tertiary/aromatic N) is 4. The van der Waals surface area contributed by atoms with E-state index in [9.17, 15) is 9.59 Å². The van der Waals surface area contributed by atoms with Crippen LogP contribution in [0.3, 0.4) is 0 Å². The Morgan fingerprint density at radius 3 is 2.63 bits per heavy atom. The predicted octanol–water partition coefficient (Wildman–Crippen LogP) is 0.210. The summed E-state index contributed by atoms with van der Waals surface area (Å²) in [4.78, 5) is 26.7. The van der Waals surface area contributed by atoms with Gasteiger partial charge in [0.1, 0.15) is 0 Å². The number of rotatable bonds is 3.